The van der Waals surface area contributed by atoms with Gasteiger partial charge in [0.1, 0.15) is 7.85 Å². The minimum Gasteiger partial charge on any atom is -0.331 e. The van der Waals surface area contributed by atoms with Crippen LogP contribution in [0.2, 0.25) is 6.32 Å². The van der Waals surface area contributed by atoms with Gasteiger partial charge < -0.3 is 5.73 Å². The fourth-order valence-electron chi connectivity index (χ4n) is 0.204. The molecule has 0 aromatic rings. The minimum atomic E-state index is 0.844. The maximum atomic E-state index is 5.14. The molecule has 0 atom stereocenters. The normalized spacial score (nSPS) is 8.20. The summed E-state index contributed by atoms with van der Waals surface area (Å²) in [5.74, 6) is 0. The van der Waals surface area contributed by atoms with E-state index in [4.69, 9.17) is 5.73 Å². The van der Waals surface area contributed by atoms with Crippen molar-refractivity contribution in [2.24, 2.45) is 5.73 Å². The third-order valence-corrected chi connectivity index (χ3v) is 0.558. The molecule has 0 bridgehead atoms. The van der Waals surface area contributed by atoms with E-state index >= 15 is 0 Å². The third-order valence-electron chi connectivity index (χ3n) is 0.558. The Hall–Kier alpha value is 0.0249. The zero-order valence-electron chi connectivity index (χ0n) is 3.70. The van der Waals surface area contributed by atoms with E-state index in [1.165, 1.54) is 12.7 Å². The third kappa shape index (κ3) is 4.02. The molecule has 0 aliphatic heterocycles. The number of hydrogen-bond acceptors (Lipinski definition) is 1. The summed E-state index contributed by atoms with van der Waals surface area (Å²) in [6.45, 7) is 0.844. The summed E-state index contributed by atoms with van der Waals surface area (Å²) in [6.07, 6.45) is 2.39. The Labute approximate surface area is 34.0 Å². The van der Waals surface area contributed by atoms with Crippen molar-refractivity contribution in [3.63, 3.8) is 0 Å². The van der Waals surface area contributed by atoms with Crippen LogP contribution in [0, 0.1) is 0 Å². The molecule has 0 aliphatic rings. The molecule has 0 saturated heterocycles. The summed E-state index contributed by atoms with van der Waals surface area (Å²) in [6, 6.07) is 0. The van der Waals surface area contributed by atoms with E-state index in [0.29, 0.717) is 0 Å². The van der Waals surface area contributed by atoms with Crippen molar-refractivity contribution in [3.05, 3.63) is 0 Å². The summed E-state index contributed by atoms with van der Waals surface area (Å²) in [4.78, 5) is 0. The number of rotatable bonds is 2. The van der Waals surface area contributed by atoms with Gasteiger partial charge in [0, 0.05) is 0 Å². The first-order chi connectivity index (χ1) is 2.41. The average Bonchev–Trinajstić information content (AvgIpc) is 1.41. The van der Waals surface area contributed by atoms with E-state index in [1.54, 1.807) is 0 Å². The molecule has 0 aromatic heterocycles. The standard InChI is InChI=1S/C3H10BN/c4-2-1-3-5/h1-5H2. The smallest absolute Gasteiger partial charge is 0.101 e. The first-order valence-corrected chi connectivity index (χ1v) is 2.12. The van der Waals surface area contributed by atoms with Crippen LogP contribution < -0.4 is 5.73 Å². The first-order valence-electron chi connectivity index (χ1n) is 2.12. The molecular weight excluding hydrogens is 60.9 g/mol. The first kappa shape index (κ1) is 5.02. The van der Waals surface area contributed by atoms with Crippen LogP contribution in [0.4, 0.5) is 0 Å². The highest BCUT2D eigenvalue weighted by Gasteiger charge is 1.68. The van der Waals surface area contributed by atoms with Gasteiger partial charge in [0.2, 0.25) is 0 Å². The summed E-state index contributed by atoms with van der Waals surface area (Å²) >= 11 is 0. The Bertz CT molecular complexity index is 14.4. The van der Waals surface area contributed by atoms with Gasteiger partial charge in [0.05, 0.1) is 0 Å². The predicted molar refractivity (Wildman–Crippen MR) is 27.0 cm³/mol. The Morgan fingerprint density at radius 2 is 2.20 bits per heavy atom. The molecule has 0 fully saturated rings. The fourth-order valence-corrected chi connectivity index (χ4v) is 0.204. The molecular formula is C3H10BN. The highest BCUT2D eigenvalue weighted by atomic mass is 14.5. The molecule has 5 heavy (non-hydrogen) atoms. The monoisotopic (exact) mass is 71.1 g/mol. The molecule has 1 nitrogen and oxygen atoms in total. The van der Waals surface area contributed by atoms with Crippen LogP contribution in [0.25, 0.3) is 0 Å². The van der Waals surface area contributed by atoms with E-state index in [9.17, 15) is 0 Å². The van der Waals surface area contributed by atoms with Crippen molar-refractivity contribution in [2.75, 3.05) is 6.54 Å². The lowest BCUT2D eigenvalue weighted by Gasteiger charge is -1.79. The SMILES string of the molecule is BCCCN. The van der Waals surface area contributed by atoms with Crippen LogP contribution in [-0.2, 0) is 0 Å². The van der Waals surface area contributed by atoms with Crippen molar-refractivity contribution in [1.29, 1.82) is 0 Å². The summed E-state index contributed by atoms with van der Waals surface area (Å²) in [5, 5.41) is 0. The topological polar surface area (TPSA) is 26.0 Å². The highest BCUT2D eigenvalue weighted by Crippen LogP contribution is 1.74. The van der Waals surface area contributed by atoms with Gasteiger partial charge in [-0.3, -0.25) is 0 Å². The molecule has 0 radical (unpaired) electrons. The van der Waals surface area contributed by atoms with Crippen molar-refractivity contribution < 1.29 is 0 Å². The van der Waals surface area contributed by atoms with Crippen molar-refractivity contribution in [2.45, 2.75) is 12.7 Å². The van der Waals surface area contributed by atoms with Gasteiger partial charge in [-0.15, -0.1) is 0 Å². The molecule has 30 valence electrons. The molecule has 0 heterocycles. The number of nitrogens with two attached hydrogens (primary N) is 1. The van der Waals surface area contributed by atoms with Gasteiger partial charge >= 0.3 is 0 Å². The molecule has 0 saturated carbocycles. The van der Waals surface area contributed by atoms with Gasteiger partial charge in [-0.25, -0.2) is 0 Å². The molecule has 0 aromatic carbocycles. The van der Waals surface area contributed by atoms with Crippen LogP contribution in [0.1, 0.15) is 6.42 Å². The fraction of sp³-hybridized carbons (Fsp3) is 1.00. The molecule has 2 N–H and O–H groups in total. The van der Waals surface area contributed by atoms with E-state index < -0.39 is 0 Å². The van der Waals surface area contributed by atoms with Gasteiger partial charge in [-0.1, -0.05) is 6.32 Å². The molecule has 2 heteroatoms. The average molecular weight is 70.9 g/mol. The van der Waals surface area contributed by atoms with Crippen molar-refractivity contribution >= 4 is 7.85 Å². The van der Waals surface area contributed by atoms with Gasteiger partial charge in [0.15, 0.2) is 0 Å². The summed E-state index contributed by atoms with van der Waals surface area (Å²) < 4.78 is 0. The Balaban J connectivity index is 2.19. The molecule has 0 amide bonds. The summed E-state index contributed by atoms with van der Waals surface area (Å²) in [7, 11) is 2.13. The van der Waals surface area contributed by atoms with Gasteiger partial charge in [-0.05, 0) is 13.0 Å². The summed E-state index contributed by atoms with van der Waals surface area (Å²) in [5.41, 5.74) is 5.14. The maximum absolute atomic E-state index is 5.14. The van der Waals surface area contributed by atoms with Crippen LogP contribution in [0.15, 0.2) is 0 Å². The molecule has 0 spiro atoms. The van der Waals surface area contributed by atoms with E-state index in [0.717, 1.165) is 6.54 Å². The van der Waals surface area contributed by atoms with Crippen LogP contribution in [0.3, 0.4) is 0 Å². The van der Waals surface area contributed by atoms with E-state index in [1.807, 2.05) is 0 Å². The second kappa shape index (κ2) is 4.02. The van der Waals surface area contributed by atoms with Crippen LogP contribution >= 0.6 is 0 Å². The van der Waals surface area contributed by atoms with Crippen molar-refractivity contribution in [1.82, 2.24) is 0 Å². The Kier molecular flexibility index (Phi) is 4.05. The van der Waals surface area contributed by atoms with Crippen LogP contribution in [-0.4, -0.2) is 14.4 Å². The van der Waals surface area contributed by atoms with Crippen LogP contribution in [0.5, 0.6) is 0 Å². The largest absolute Gasteiger partial charge is 0.331 e. The van der Waals surface area contributed by atoms with Crippen molar-refractivity contribution in [3.8, 4) is 0 Å². The second-order valence-corrected chi connectivity index (χ2v) is 1.14. The quantitative estimate of drug-likeness (QED) is 0.431. The molecule has 0 aliphatic carbocycles. The predicted octanol–water partition coefficient (Wildman–Crippen LogP) is -0.613. The Morgan fingerprint density at radius 3 is 2.20 bits per heavy atom. The molecule has 0 unspecified atom stereocenters. The zero-order valence-corrected chi connectivity index (χ0v) is 3.70. The lowest BCUT2D eigenvalue weighted by Crippen LogP contribution is -1.96. The molecule has 0 rings (SSSR count). The van der Waals surface area contributed by atoms with E-state index in [-0.39, 0.29) is 0 Å². The lowest BCUT2D eigenvalue weighted by molar-refractivity contribution is 0.930. The maximum Gasteiger partial charge on any atom is 0.101 e. The lowest BCUT2D eigenvalue weighted by atomic mass is 10.0. The highest BCUT2D eigenvalue weighted by molar-refractivity contribution is 6.08. The minimum absolute atomic E-state index is 0.844. The second-order valence-electron chi connectivity index (χ2n) is 1.14. The zero-order chi connectivity index (χ0) is 4.12. The Morgan fingerprint density at radius 1 is 1.60 bits per heavy atom. The van der Waals surface area contributed by atoms with Gasteiger partial charge in [0.25, 0.3) is 0 Å². The number of hydrogen-bond donors (Lipinski definition) is 1. The van der Waals surface area contributed by atoms with E-state index in [2.05, 4.69) is 7.85 Å². The van der Waals surface area contributed by atoms with Gasteiger partial charge in [-0.2, -0.15) is 0 Å².